The van der Waals surface area contributed by atoms with E-state index in [9.17, 15) is 18.0 Å². The molecule has 0 radical (unpaired) electrons. The van der Waals surface area contributed by atoms with Crippen LogP contribution in [0.4, 0.5) is 5.69 Å². The van der Waals surface area contributed by atoms with E-state index in [2.05, 4.69) is 5.32 Å². The minimum absolute atomic E-state index is 0.0398. The van der Waals surface area contributed by atoms with Crippen LogP contribution in [0.5, 0.6) is 0 Å². The van der Waals surface area contributed by atoms with Gasteiger partial charge >= 0.3 is 0 Å². The van der Waals surface area contributed by atoms with Gasteiger partial charge in [-0.05, 0) is 73.7 Å². The van der Waals surface area contributed by atoms with Crippen LogP contribution in [0.1, 0.15) is 42.5 Å². The van der Waals surface area contributed by atoms with Crippen LogP contribution in [0.25, 0.3) is 0 Å². The summed E-state index contributed by atoms with van der Waals surface area (Å²) >= 11 is 6.45. The predicted octanol–water partition coefficient (Wildman–Crippen LogP) is 6.71. The van der Waals surface area contributed by atoms with Crippen LogP contribution in [0.15, 0.2) is 108 Å². The maximum atomic E-state index is 14.6. The average molecular weight is 646 g/mol. The number of aryl methyl sites for hydroxylation is 1. The molecule has 4 rings (SSSR count). The van der Waals surface area contributed by atoms with Gasteiger partial charge in [-0.15, -0.1) is 0 Å². The number of sulfonamides is 1. The first kappa shape index (κ1) is 33.7. The smallest absolute Gasteiger partial charge is 0.264 e. The van der Waals surface area contributed by atoms with Crippen molar-refractivity contribution in [2.75, 3.05) is 10.8 Å². The van der Waals surface area contributed by atoms with Gasteiger partial charge in [0.25, 0.3) is 10.0 Å². The number of amides is 2. The number of carbonyl (C=O) groups is 2. The number of carbonyl (C=O) groups excluding carboxylic acids is 2. The lowest BCUT2D eigenvalue weighted by Crippen LogP contribution is -2.54. The highest BCUT2D eigenvalue weighted by Gasteiger charge is 2.35. The van der Waals surface area contributed by atoms with Crippen molar-refractivity contribution in [1.29, 1.82) is 0 Å². The Morgan fingerprint density at radius 1 is 0.844 bits per heavy atom. The molecule has 1 N–H and O–H groups in total. The summed E-state index contributed by atoms with van der Waals surface area (Å²) in [5.74, 6) is -0.816. The minimum Gasteiger partial charge on any atom is -0.352 e. The van der Waals surface area contributed by atoms with Gasteiger partial charge in [-0.25, -0.2) is 8.42 Å². The van der Waals surface area contributed by atoms with Crippen molar-refractivity contribution in [3.05, 3.63) is 130 Å². The molecule has 9 heteroatoms. The molecule has 0 aromatic heterocycles. The number of nitrogens with one attached hydrogen (secondary N) is 1. The zero-order chi connectivity index (χ0) is 32.6. The number of anilines is 1. The van der Waals surface area contributed by atoms with Gasteiger partial charge in [-0.2, -0.15) is 0 Å². The molecule has 0 unspecified atom stereocenters. The SMILES string of the molecule is CC[C@H](C)NC(=O)[C@H](Cc1ccccc1)N(Cc1ccccc1C)C(=O)CN(c1cccc(Cl)c1C)S(=O)(=O)c1ccccc1. The lowest BCUT2D eigenvalue weighted by molar-refractivity contribution is -0.140. The van der Waals surface area contributed by atoms with Crippen LogP contribution in [0.3, 0.4) is 0 Å². The first-order valence-electron chi connectivity index (χ1n) is 15.0. The van der Waals surface area contributed by atoms with Gasteiger partial charge in [0.05, 0.1) is 10.6 Å². The number of hydrogen-bond donors (Lipinski definition) is 1. The number of rotatable bonds is 13. The van der Waals surface area contributed by atoms with E-state index in [0.29, 0.717) is 22.7 Å². The second-order valence-electron chi connectivity index (χ2n) is 11.2. The zero-order valence-electron chi connectivity index (χ0n) is 26.1. The summed E-state index contributed by atoms with van der Waals surface area (Å²) in [7, 11) is -4.20. The van der Waals surface area contributed by atoms with Crippen molar-refractivity contribution in [2.24, 2.45) is 0 Å². The van der Waals surface area contributed by atoms with Crippen molar-refractivity contribution in [3.8, 4) is 0 Å². The molecule has 0 bridgehead atoms. The van der Waals surface area contributed by atoms with Gasteiger partial charge in [-0.3, -0.25) is 13.9 Å². The molecule has 0 saturated heterocycles. The minimum atomic E-state index is -4.20. The Balaban J connectivity index is 1.84. The highest BCUT2D eigenvalue weighted by atomic mass is 35.5. The lowest BCUT2D eigenvalue weighted by atomic mass is 10.0. The maximum Gasteiger partial charge on any atom is 0.264 e. The largest absolute Gasteiger partial charge is 0.352 e. The molecule has 0 aliphatic rings. The molecule has 4 aromatic rings. The molecule has 2 amide bonds. The monoisotopic (exact) mass is 645 g/mol. The van der Waals surface area contributed by atoms with Crippen molar-refractivity contribution in [1.82, 2.24) is 10.2 Å². The Hall–Kier alpha value is -4.14. The van der Waals surface area contributed by atoms with E-state index in [1.54, 1.807) is 43.3 Å². The maximum absolute atomic E-state index is 14.6. The highest BCUT2D eigenvalue weighted by molar-refractivity contribution is 7.92. The highest BCUT2D eigenvalue weighted by Crippen LogP contribution is 2.31. The molecular weight excluding hydrogens is 606 g/mol. The quantitative estimate of drug-likeness (QED) is 0.175. The Morgan fingerprint density at radius 2 is 1.47 bits per heavy atom. The molecule has 236 valence electrons. The van der Waals surface area contributed by atoms with Crippen LogP contribution >= 0.6 is 11.6 Å². The fraction of sp³-hybridized carbons (Fsp3) is 0.278. The second-order valence-corrected chi connectivity index (χ2v) is 13.4. The Kier molecular flexibility index (Phi) is 11.4. The summed E-state index contributed by atoms with van der Waals surface area (Å²) in [6.07, 6.45) is 0.967. The fourth-order valence-corrected chi connectivity index (χ4v) is 6.73. The summed E-state index contributed by atoms with van der Waals surface area (Å²) < 4.78 is 29.5. The molecule has 0 aliphatic carbocycles. The normalized spacial score (nSPS) is 12.6. The molecule has 0 fully saturated rings. The predicted molar refractivity (Wildman–Crippen MR) is 181 cm³/mol. The Morgan fingerprint density at radius 3 is 2.11 bits per heavy atom. The van der Waals surface area contributed by atoms with Crippen molar-refractivity contribution < 1.29 is 18.0 Å². The van der Waals surface area contributed by atoms with Gasteiger partial charge in [0.1, 0.15) is 12.6 Å². The van der Waals surface area contributed by atoms with Gasteiger partial charge in [0.2, 0.25) is 11.8 Å². The summed E-state index contributed by atoms with van der Waals surface area (Å²) in [6.45, 7) is 7.15. The van der Waals surface area contributed by atoms with Crippen LogP contribution < -0.4 is 9.62 Å². The van der Waals surface area contributed by atoms with E-state index >= 15 is 0 Å². The standard InChI is InChI=1S/C36H40ClN3O4S/c1-5-27(3)38-36(42)34(23-29-16-8-6-9-17-29)39(24-30-18-13-12-15-26(30)2)35(41)25-40(33-22-14-21-32(37)28(33)4)45(43,44)31-19-10-7-11-20-31/h6-22,27,34H,5,23-25H2,1-4H3,(H,38,42)/t27-,34-/m0/s1. The molecular formula is C36H40ClN3O4S. The second kappa shape index (κ2) is 15.2. The van der Waals surface area contributed by atoms with E-state index < -0.39 is 28.5 Å². The van der Waals surface area contributed by atoms with Crippen molar-refractivity contribution in [3.63, 3.8) is 0 Å². The number of hydrogen-bond acceptors (Lipinski definition) is 4. The summed E-state index contributed by atoms with van der Waals surface area (Å²) in [5.41, 5.74) is 3.50. The van der Waals surface area contributed by atoms with Crippen LogP contribution in [0, 0.1) is 13.8 Å². The molecule has 7 nitrogen and oxygen atoms in total. The van der Waals surface area contributed by atoms with E-state index in [0.717, 1.165) is 21.0 Å². The van der Waals surface area contributed by atoms with E-state index in [4.69, 9.17) is 11.6 Å². The summed E-state index contributed by atoms with van der Waals surface area (Å²) in [4.78, 5) is 30.1. The molecule has 2 atom stereocenters. The molecule has 4 aromatic carbocycles. The van der Waals surface area contributed by atoms with Crippen LogP contribution in [-0.4, -0.2) is 43.8 Å². The third kappa shape index (κ3) is 8.32. The van der Waals surface area contributed by atoms with E-state index in [-0.39, 0.29) is 29.8 Å². The van der Waals surface area contributed by atoms with Gasteiger partial charge in [0, 0.05) is 24.0 Å². The van der Waals surface area contributed by atoms with Gasteiger partial charge in [-0.1, -0.05) is 97.4 Å². The number of benzene rings is 4. The molecule has 0 aliphatic heterocycles. The van der Waals surface area contributed by atoms with E-state index in [1.807, 2.05) is 75.4 Å². The fourth-order valence-electron chi connectivity index (χ4n) is 5.07. The van der Waals surface area contributed by atoms with Crippen molar-refractivity contribution >= 4 is 39.1 Å². The molecule has 0 spiro atoms. The van der Waals surface area contributed by atoms with Crippen LogP contribution in [0.2, 0.25) is 5.02 Å². The molecule has 0 saturated carbocycles. The third-order valence-corrected chi connectivity index (χ3v) is 10.2. The number of nitrogens with zero attached hydrogens (tertiary/aromatic N) is 2. The van der Waals surface area contributed by atoms with Gasteiger partial charge in [0.15, 0.2) is 0 Å². The number of halogens is 1. The van der Waals surface area contributed by atoms with Gasteiger partial charge < -0.3 is 10.2 Å². The van der Waals surface area contributed by atoms with Crippen molar-refractivity contribution in [2.45, 2.75) is 64.1 Å². The Bertz CT molecular complexity index is 1720. The topological polar surface area (TPSA) is 86.8 Å². The van der Waals surface area contributed by atoms with E-state index in [1.165, 1.54) is 17.0 Å². The zero-order valence-corrected chi connectivity index (χ0v) is 27.7. The first-order chi connectivity index (χ1) is 21.5. The van der Waals surface area contributed by atoms with Crippen LogP contribution in [-0.2, 0) is 32.6 Å². The summed E-state index contributed by atoms with van der Waals surface area (Å²) in [6, 6.07) is 29.1. The Labute approximate surface area is 271 Å². The average Bonchev–Trinajstić information content (AvgIpc) is 3.04. The molecule has 0 heterocycles. The lowest BCUT2D eigenvalue weighted by Gasteiger charge is -2.35. The summed E-state index contributed by atoms with van der Waals surface area (Å²) in [5, 5.41) is 3.44. The first-order valence-corrected chi connectivity index (χ1v) is 16.9. The third-order valence-electron chi connectivity index (χ3n) is 7.99. The molecule has 45 heavy (non-hydrogen) atoms.